The van der Waals surface area contributed by atoms with Gasteiger partial charge in [0.05, 0.1) is 12.1 Å². The van der Waals surface area contributed by atoms with Gasteiger partial charge < -0.3 is 4.12 Å². The van der Waals surface area contributed by atoms with E-state index in [0.29, 0.717) is 0 Å². The van der Waals surface area contributed by atoms with E-state index in [1.54, 1.807) is 12.1 Å². The zero-order valence-electron chi connectivity index (χ0n) is 12.5. The average molecular weight is 659 g/mol. The van der Waals surface area contributed by atoms with Gasteiger partial charge in [0.2, 0.25) is 0 Å². The number of nitriles is 2. The quantitative estimate of drug-likeness (QED) is 0.431. The van der Waals surface area contributed by atoms with Crippen LogP contribution in [0.1, 0.15) is 13.8 Å². The van der Waals surface area contributed by atoms with Gasteiger partial charge in [0, 0.05) is 56.0 Å². The third-order valence-corrected chi connectivity index (χ3v) is 7.68. The van der Waals surface area contributed by atoms with Gasteiger partial charge in [-0.1, -0.05) is 11.4 Å². The molecule has 0 spiro atoms. The van der Waals surface area contributed by atoms with Crippen molar-refractivity contribution in [2.45, 2.75) is 40.0 Å². The van der Waals surface area contributed by atoms with E-state index < -0.39 is 16.6 Å². The van der Waals surface area contributed by atoms with Crippen molar-refractivity contribution in [1.82, 2.24) is 0 Å². The Kier molecular flexibility index (Phi) is 30.3. The van der Waals surface area contributed by atoms with Crippen LogP contribution >= 0.6 is 0 Å². The number of hydrogen-bond donors (Lipinski definition) is 0. The fourth-order valence-electron chi connectivity index (χ4n) is 0.761. The summed E-state index contributed by atoms with van der Waals surface area (Å²) < 4.78 is 5.97. The molecular formula is C12H24N2OPt2Si2. The zero-order valence-corrected chi connectivity index (χ0v) is 19.0. The molecule has 3 nitrogen and oxygen atoms in total. The molecule has 0 rings (SSSR count). The van der Waals surface area contributed by atoms with Crippen LogP contribution in [-0.4, -0.2) is 16.6 Å². The first-order chi connectivity index (χ1) is 7.66. The second-order valence-corrected chi connectivity index (χ2v) is 12.2. The van der Waals surface area contributed by atoms with Crippen molar-refractivity contribution >= 4 is 16.6 Å². The fraction of sp³-hybridized carbons (Fsp3) is 0.500. The van der Waals surface area contributed by atoms with Gasteiger partial charge >= 0.3 is 0 Å². The largest absolute Gasteiger partial charge is 0.449 e. The van der Waals surface area contributed by atoms with Crippen LogP contribution in [0.2, 0.25) is 26.2 Å². The Bertz CT molecular complexity index is 278. The first-order valence-electron chi connectivity index (χ1n) is 5.25. The van der Waals surface area contributed by atoms with Crippen LogP contribution in [0.5, 0.6) is 0 Å². The smallest absolute Gasteiger partial charge is 0.198 e. The first kappa shape index (κ1) is 31.6. The molecule has 0 atom stereocenters. The molecule has 116 valence electrons. The van der Waals surface area contributed by atoms with Crippen molar-refractivity contribution in [3.8, 4) is 12.1 Å². The minimum absolute atomic E-state index is 0. The summed E-state index contributed by atoms with van der Waals surface area (Å²) in [6.07, 6.45) is 0. The second kappa shape index (κ2) is 18.2. The van der Waals surface area contributed by atoms with Crippen LogP contribution in [0.15, 0.2) is 24.6 Å². The molecule has 7 heteroatoms. The van der Waals surface area contributed by atoms with Gasteiger partial charge in [0.15, 0.2) is 16.6 Å². The molecule has 0 aliphatic heterocycles. The van der Waals surface area contributed by atoms with Crippen LogP contribution in [0.25, 0.3) is 0 Å². The van der Waals surface area contributed by atoms with Gasteiger partial charge in [-0.2, -0.15) is 10.5 Å². The molecule has 0 aliphatic carbocycles. The summed E-state index contributed by atoms with van der Waals surface area (Å²) >= 11 is 0. The van der Waals surface area contributed by atoms with Crippen molar-refractivity contribution in [1.29, 1.82) is 10.5 Å². The Morgan fingerprint density at radius 1 is 0.842 bits per heavy atom. The van der Waals surface area contributed by atoms with E-state index in [9.17, 15) is 0 Å². The summed E-state index contributed by atoms with van der Waals surface area (Å²) in [5.41, 5.74) is 3.93. The van der Waals surface area contributed by atoms with Crippen molar-refractivity contribution in [2.75, 3.05) is 0 Å². The molecule has 0 unspecified atom stereocenters. The van der Waals surface area contributed by atoms with Crippen molar-refractivity contribution in [3.63, 3.8) is 0 Å². The van der Waals surface area contributed by atoms with E-state index in [4.69, 9.17) is 14.6 Å². The maximum atomic E-state index is 7.32. The molecule has 0 saturated carbocycles. The predicted octanol–water partition coefficient (Wildman–Crippen LogP) is 3.92. The molecule has 0 aromatic heterocycles. The van der Waals surface area contributed by atoms with E-state index in [2.05, 4.69) is 39.3 Å². The fourth-order valence-corrected chi connectivity index (χ4v) is 6.85. The molecule has 0 fully saturated rings. The number of rotatable bonds is 4. The summed E-state index contributed by atoms with van der Waals surface area (Å²) in [6, 6.07) is 3.50. The Morgan fingerprint density at radius 2 is 1.00 bits per heavy atom. The van der Waals surface area contributed by atoms with Crippen LogP contribution < -0.4 is 0 Å². The third kappa shape index (κ3) is 32.1. The molecule has 0 aromatic rings. The number of nitrogens with zero attached hydrogens (tertiary/aromatic N) is 2. The van der Waals surface area contributed by atoms with Crippen molar-refractivity contribution in [3.05, 3.63) is 24.6 Å². The van der Waals surface area contributed by atoms with Crippen LogP contribution in [0.3, 0.4) is 0 Å². The van der Waals surface area contributed by atoms with Crippen LogP contribution in [0.4, 0.5) is 0 Å². The predicted molar refractivity (Wildman–Crippen MR) is 79.0 cm³/mol. The molecular weight excluding hydrogens is 634 g/mol. The van der Waals surface area contributed by atoms with E-state index >= 15 is 0 Å². The summed E-state index contributed by atoms with van der Waals surface area (Å²) in [6.45, 7) is 19.0. The van der Waals surface area contributed by atoms with Gasteiger partial charge in [0.1, 0.15) is 0 Å². The molecule has 0 saturated heterocycles. The number of hydrogen-bond acceptors (Lipinski definition) is 3. The monoisotopic (exact) mass is 658 g/mol. The molecule has 0 radical (unpaired) electrons. The van der Waals surface area contributed by atoms with E-state index in [1.807, 2.05) is 11.4 Å². The topological polar surface area (TPSA) is 56.8 Å². The molecule has 0 aromatic carbocycles. The van der Waals surface area contributed by atoms with Gasteiger partial charge in [-0.05, 0) is 26.2 Å². The maximum Gasteiger partial charge on any atom is 0.198 e. The molecule has 0 heterocycles. The minimum Gasteiger partial charge on any atom is -0.449 e. The Hall–Kier alpha value is 0.230. The van der Waals surface area contributed by atoms with Gasteiger partial charge in [-0.25, -0.2) is 0 Å². The summed E-state index contributed by atoms with van der Waals surface area (Å²) in [5, 5.41) is 14.6. The minimum atomic E-state index is -1.58. The molecule has 0 N–H and O–H groups in total. The Morgan fingerprint density at radius 3 is 1.11 bits per heavy atom. The maximum absolute atomic E-state index is 7.32. The summed E-state index contributed by atoms with van der Waals surface area (Å²) in [4.78, 5) is 0. The molecule has 0 bridgehead atoms. The van der Waals surface area contributed by atoms with Crippen LogP contribution in [-0.2, 0) is 46.2 Å². The van der Waals surface area contributed by atoms with Gasteiger partial charge in [-0.15, -0.1) is 13.2 Å². The van der Waals surface area contributed by atoms with Crippen molar-refractivity contribution in [2.24, 2.45) is 0 Å². The molecule has 0 amide bonds. The summed E-state index contributed by atoms with van der Waals surface area (Å²) in [7, 11) is -3.16. The Balaban J connectivity index is -0.0000000700. The van der Waals surface area contributed by atoms with E-state index in [1.165, 1.54) is 13.8 Å². The first-order valence-corrected chi connectivity index (χ1v) is 11.2. The van der Waals surface area contributed by atoms with E-state index in [0.717, 1.165) is 0 Å². The zero-order chi connectivity index (χ0) is 14.5. The molecule has 19 heavy (non-hydrogen) atoms. The average Bonchev–Trinajstić information content (AvgIpc) is 2.19. The standard InChI is InChI=1S/C8H18OSi2.2C2H3N.2Pt/c1-7-10(3,4)9-11(5,6)8-2;2*1-2-3;;/h7-8H,1-2H2,3-6H3;2*1H3;;. The van der Waals surface area contributed by atoms with Crippen LogP contribution in [0, 0.1) is 22.7 Å². The van der Waals surface area contributed by atoms with E-state index in [-0.39, 0.29) is 42.1 Å². The normalized spacial score (nSPS) is 8.21. The van der Waals surface area contributed by atoms with Gasteiger partial charge in [0.25, 0.3) is 0 Å². The van der Waals surface area contributed by atoms with Gasteiger partial charge in [-0.3, -0.25) is 0 Å². The Labute approximate surface area is 149 Å². The summed E-state index contributed by atoms with van der Waals surface area (Å²) in [5.74, 6) is 0. The third-order valence-electron chi connectivity index (χ3n) is 1.51. The SMILES string of the molecule is C=C[Si](C)(C)O[Si](C)(C)C=C.CC#N.CC#N.[Pt].[Pt]. The second-order valence-electron chi connectivity index (χ2n) is 4.16. The van der Waals surface area contributed by atoms with Crippen molar-refractivity contribution < 1.29 is 46.2 Å². The molecule has 0 aliphatic rings.